The van der Waals surface area contributed by atoms with Gasteiger partial charge in [-0.15, -0.1) is 0 Å². The molecule has 1 aliphatic heterocycles. The molecule has 2 N–H and O–H groups in total. The largest absolute Gasteiger partial charge is 0.497 e. The topological polar surface area (TPSA) is 62.3 Å². The van der Waals surface area contributed by atoms with E-state index in [9.17, 15) is 0 Å². The Morgan fingerprint density at radius 1 is 0.862 bits per heavy atom. The quantitative estimate of drug-likeness (QED) is 0.599. The molecule has 0 saturated carbocycles. The maximum atomic E-state index is 5.28. The third-order valence-electron chi connectivity index (χ3n) is 5.04. The summed E-state index contributed by atoms with van der Waals surface area (Å²) in [6.45, 7) is 4.25. The van der Waals surface area contributed by atoms with E-state index in [0.29, 0.717) is 5.95 Å². The lowest BCUT2D eigenvalue weighted by molar-refractivity contribution is 0.415. The van der Waals surface area contributed by atoms with Gasteiger partial charge in [-0.2, -0.15) is 4.98 Å². The molecule has 2 heterocycles. The molecule has 1 saturated heterocycles. The lowest BCUT2D eigenvalue weighted by Gasteiger charge is -2.28. The molecule has 29 heavy (non-hydrogen) atoms. The van der Waals surface area contributed by atoms with Crippen molar-refractivity contribution >= 4 is 28.8 Å². The van der Waals surface area contributed by atoms with Crippen LogP contribution in [0.3, 0.4) is 0 Å². The fraction of sp³-hybridized carbons (Fsp3) is 0.304. The van der Waals surface area contributed by atoms with Crippen molar-refractivity contribution in [1.82, 2.24) is 9.97 Å². The minimum absolute atomic E-state index is 0.570. The number of ether oxygens (including phenoxy) is 1. The van der Waals surface area contributed by atoms with Gasteiger partial charge in [-0.05, 0) is 62.6 Å². The summed E-state index contributed by atoms with van der Waals surface area (Å²) >= 11 is 0. The van der Waals surface area contributed by atoms with Crippen LogP contribution in [0.1, 0.15) is 25.0 Å². The van der Waals surface area contributed by atoms with Gasteiger partial charge in [0.05, 0.1) is 7.11 Å². The molecule has 150 valence electrons. The summed E-state index contributed by atoms with van der Waals surface area (Å²) in [5.41, 5.74) is 4.06. The number of hydrogen-bond donors (Lipinski definition) is 2. The maximum absolute atomic E-state index is 5.28. The Labute approximate surface area is 172 Å². The molecule has 1 aromatic heterocycles. The van der Waals surface area contributed by atoms with E-state index in [1.54, 1.807) is 7.11 Å². The Morgan fingerprint density at radius 2 is 1.66 bits per heavy atom. The molecule has 6 heteroatoms. The second-order valence-electron chi connectivity index (χ2n) is 7.29. The van der Waals surface area contributed by atoms with Gasteiger partial charge in [0.15, 0.2) is 0 Å². The fourth-order valence-corrected chi connectivity index (χ4v) is 3.57. The molecule has 1 aliphatic rings. The first-order chi connectivity index (χ1) is 14.2. The van der Waals surface area contributed by atoms with Gasteiger partial charge in [0.1, 0.15) is 11.6 Å². The van der Waals surface area contributed by atoms with Crippen molar-refractivity contribution in [2.24, 2.45) is 0 Å². The van der Waals surface area contributed by atoms with Gasteiger partial charge in [-0.3, -0.25) is 0 Å². The maximum Gasteiger partial charge on any atom is 0.229 e. The number of methoxy groups -OCH3 is 1. The van der Waals surface area contributed by atoms with Crippen molar-refractivity contribution in [3.63, 3.8) is 0 Å². The predicted molar refractivity (Wildman–Crippen MR) is 119 cm³/mol. The molecule has 4 rings (SSSR count). The highest BCUT2D eigenvalue weighted by Gasteiger charge is 2.11. The van der Waals surface area contributed by atoms with Crippen LogP contribution < -0.4 is 20.3 Å². The Morgan fingerprint density at radius 3 is 2.41 bits per heavy atom. The van der Waals surface area contributed by atoms with Crippen LogP contribution in [-0.2, 0) is 0 Å². The van der Waals surface area contributed by atoms with Crippen LogP contribution in [0, 0.1) is 6.92 Å². The first-order valence-electron chi connectivity index (χ1n) is 10.1. The van der Waals surface area contributed by atoms with Gasteiger partial charge in [-0.25, -0.2) is 4.98 Å². The number of anilines is 5. The Hall–Kier alpha value is -3.28. The number of nitrogens with zero attached hydrogens (tertiary/aromatic N) is 3. The van der Waals surface area contributed by atoms with Crippen LogP contribution in [0.15, 0.2) is 54.6 Å². The zero-order chi connectivity index (χ0) is 20.1. The van der Waals surface area contributed by atoms with Crippen LogP contribution in [0.2, 0.25) is 0 Å². The molecule has 0 amide bonds. The second-order valence-corrected chi connectivity index (χ2v) is 7.29. The number of aryl methyl sites for hydroxylation is 1. The van der Waals surface area contributed by atoms with Gasteiger partial charge in [0.25, 0.3) is 0 Å². The van der Waals surface area contributed by atoms with Gasteiger partial charge in [-0.1, -0.05) is 6.07 Å². The summed E-state index contributed by atoms with van der Waals surface area (Å²) < 4.78 is 5.28. The summed E-state index contributed by atoms with van der Waals surface area (Å²) in [5.74, 6) is 2.10. The number of rotatable bonds is 6. The van der Waals surface area contributed by atoms with E-state index in [0.717, 1.165) is 41.7 Å². The van der Waals surface area contributed by atoms with Gasteiger partial charge in [0, 0.05) is 48.0 Å². The summed E-state index contributed by atoms with van der Waals surface area (Å²) in [5, 5.41) is 6.64. The average Bonchev–Trinajstić information content (AvgIpc) is 2.75. The first kappa shape index (κ1) is 19.1. The van der Waals surface area contributed by atoms with Crippen molar-refractivity contribution in [1.29, 1.82) is 0 Å². The van der Waals surface area contributed by atoms with Gasteiger partial charge in [0.2, 0.25) is 5.95 Å². The third kappa shape index (κ3) is 4.96. The van der Waals surface area contributed by atoms with Gasteiger partial charge >= 0.3 is 0 Å². The Bertz CT molecular complexity index is 952. The predicted octanol–water partition coefficient (Wildman–Crippen LogP) is 5.27. The smallest absolute Gasteiger partial charge is 0.229 e. The molecule has 6 nitrogen and oxygen atoms in total. The second kappa shape index (κ2) is 8.82. The minimum atomic E-state index is 0.570. The molecule has 0 unspecified atom stereocenters. The number of hydrogen-bond acceptors (Lipinski definition) is 6. The summed E-state index contributed by atoms with van der Waals surface area (Å²) in [6.07, 6.45) is 3.90. The lowest BCUT2D eigenvalue weighted by atomic mass is 10.1. The van der Waals surface area contributed by atoms with E-state index < -0.39 is 0 Å². The number of piperidine rings is 1. The molecule has 0 radical (unpaired) electrons. The monoisotopic (exact) mass is 389 g/mol. The molecular weight excluding hydrogens is 362 g/mol. The fourth-order valence-electron chi connectivity index (χ4n) is 3.57. The average molecular weight is 390 g/mol. The molecule has 0 atom stereocenters. The number of aromatic nitrogens is 2. The van der Waals surface area contributed by atoms with E-state index in [2.05, 4.69) is 49.8 Å². The minimum Gasteiger partial charge on any atom is -0.497 e. The van der Waals surface area contributed by atoms with Crippen LogP contribution in [0.25, 0.3) is 0 Å². The van der Waals surface area contributed by atoms with E-state index in [1.165, 1.54) is 24.9 Å². The van der Waals surface area contributed by atoms with Crippen molar-refractivity contribution < 1.29 is 4.74 Å². The summed E-state index contributed by atoms with van der Waals surface area (Å²) in [7, 11) is 1.66. The van der Waals surface area contributed by atoms with Crippen LogP contribution >= 0.6 is 0 Å². The first-order valence-corrected chi connectivity index (χ1v) is 10.1. The SMILES string of the molecule is COc1cccc(Nc2cc(C)nc(Nc3ccc(N4CCCCC4)cc3)n2)c1. The van der Waals surface area contributed by atoms with Crippen LogP contribution in [0.4, 0.5) is 28.8 Å². The Kier molecular flexibility index (Phi) is 5.79. The molecule has 2 aromatic carbocycles. The molecule has 1 fully saturated rings. The van der Waals surface area contributed by atoms with Crippen LogP contribution in [0.5, 0.6) is 5.75 Å². The Balaban J connectivity index is 1.47. The van der Waals surface area contributed by atoms with E-state index >= 15 is 0 Å². The zero-order valence-electron chi connectivity index (χ0n) is 17.0. The molecule has 3 aromatic rings. The van der Waals surface area contributed by atoms with Crippen molar-refractivity contribution in [2.45, 2.75) is 26.2 Å². The van der Waals surface area contributed by atoms with Crippen LogP contribution in [-0.4, -0.2) is 30.2 Å². The molecular formula is C23H27N5O. The van der Waals surface area contributed by atoms with E-state index in [1.807, 2.05) is 37.3 Å². The summed E-state index contributed by atoms with van der Waals surface area (Å²) in [4.78, 5) is 11.6. The lowest BCUT2D eigenvalue weighted by Crippen LogP contribution is -2.29. The normalized spacial score (nSPS) is 13.8. The molecule has 0 spiro atoms. The molecule has 0 aliphatic carbocycles. The van der Waals surface area contributed by atoms with E-state index in [4.69, 9.17) is 4.74 Å². The zero-order valence-corrected chi connectivity index (χ0v) is 17.0. The van der Waals surface area contributed by atoms with Gasteiger partial charge < -0.3 is 20.3 Å². The molecule has 0 bridgehead atoms. The van der Waals surface area contributed by atoms with Crippen molar-refractivity contribution in [2.75, 3.05) is 35.7 Å². The number of benzene rings is 2. The highest BCUT2D eigenvalue weighted by atomic mass is 16.5. The standard InChI is InChI=1S/C23H27N5O/c1-17-15-22(25-19-7-6-8-21(16-19)29-2)27-23(24-17)26-18-9-11-20(12-10-18)28-13-4-3-5-14-28/h6-12,15-16H,3-5,13-14H2,1-2H3,(H2,24,25,26,27). The van der Waals surface area contributed by atoms with Crippen molar-refractivity contribution in [3.05, 3.63) is 60.3 Å². The third-order valence-corrected chi connectivity index (χ3v) is 5.04. The highest BCUT2D eigenvalue weighted by Crippen LogP contribution is 2.25. The van der Waals surface area contributed by atoms with E-state index in [-0.39, 0.29) is 0 Å². The van der Waals surface area contributed by atoms with Crippen molar-refractivity contribution in [3.8, 4) is 5.75 Å². The highest BCUT2D eigenvalue weighted by molar-refractivity contribution is 5.63. The number of nitrogens with one attached hydrogen (secondary N) is 2. The summed E-state index contributed by atoms with van der Waals surface area (Å²) in [6, 6.07) is 18.2.